The smallest absolute Gasteiger partial charge is 0.147 e. The summed E-state index contributed by atoms with van der Waals surface area (Å²) >= 11 is 9.32. The number of hydrogen-bond acceptors (Lipinski definition) is 3. The maximum atomic E-state index is 13.3. The van der Waals surface area contributed by atoms with Gasteiger partial charge in [-0.2, -0.15) is 12.6 Å². The van der Waals surface area contributed by atoms with Gasteiger partial charge in [-0.1, -0.05) is 23.7 Å². The van der Waals surface area contributed by atoms with Gasteiger partial charge in [0.25, 0.3) is 0 Å². The fraction of sp³-hybridized carbons (Fsp3) is 0.333. The first-order chi connectivity index (χ1) is 6.57. The van der Waals surface area contributed by atoms with Crippen molar-refractivity contribution in [1.82, 2.24) is 0 Å². The van der Waals surface area contributed by atoms with Crippen LogP contribution in [0.2, 0.25) is 5.02 Å². The van der Waals surface area contributed by atoms with Crippen molar-refractivity contribution in [2.45, 2.75) is 12.2 Å². The van der Waals surface area contributed by atoms with Crippen molar-refractivity contribution in [3.8, 4) is 0 Å². The molecule has 2 atom stereocenters. The van der Waals surface area contributed by atoms with Crippen LogP contribution in [0.15, 0.2) is 18.2 Å². The number of halogens is 2. The fourth-order valence-corrected chi connectivity index (χ4v) is 1.44. The average molecular weight is 237 g/mol. The van der Waals surface area contributed by atoms with Crippen LogP contribution in [-0.2, 0) is 0 Å². The molecule has 5 heteroatoms. The highest BCUT2D eigenvalue weighted by Gasteiger charge is 2.21. The van der Waals surface area contributed by atoms with Crippen LogP contribution < -0.4 is 0 Å². The van der Waals surface area contributed by atoms with E-state index < -0.39 is 18.0 Å². The number of thiol groups is 1. The van der Waals surface area contributed by atoms with E-state index >= 15 is 0 Å². The summed E-state index contributed by atoms with van der Waals surface area (Å²) in [5.41, 5.74) is -0.0148. The van der Waals surface area contributed by atoms with Crippen molar-refractivity contribution < 1.29 is 14.6 Å². The summed E-state index contributed by atoms with van der Waals surface area (Å²) in [6.07, 6.45) is -2.41. The molecule has 14 heavy (non-hydrogen) atoms. The minimum atomic E-state index is -1.30. The Bertz CT molecular complexity index is 322. The van der Waals surface area contributed by atoms with E-state index in [-0.39, 0.29) is 16.3 Å². The largest absolute Gasteiger partial charge is 0.389 e. The number of rotatable bonds is 3. The molecule has 2 N–H and O–H groups in total. The van der Waals surface area contributed by atoms with Gasteiger partial charge < -0.3 is 10.2 Å². The minimum absolute atomic E-state index is 0.0148. The van der Waals surface area contributed by atoms with E-state index in [1.165, 1.54) is 18.2 Å². The molecular formula is C9H10ClFO2S. The first-order valence-electron chi connectivity index (χ1n) is 3.98. The standard InChI is InChI=1S/C9H10ClFO2S/c10-6-3-1-2-5(8(6)11)9(13)7(12)4-14/h1-3,7,9,12-14H,4H2. The Hall–Kier alpha value is -0.290. The highest BCUT2D eigenvalue weighted by Crippen LogP contribution is 2.25. The van der Waals surface area contributed by atoms with Crippen molar-refractivity contribution >= 4 is 24.2 Å². The molecule has 0 aliphatic rings. The molecule has 0 saturated carbocycles. The Morgan fingerprint density at radius 2 is 2.07 bits per heavy atom. The third-order valence-corrected chi connectivity index (χ3v) is 2.52. The van der Waals surface area contributed by atoms with Gasteiger partial charge in [0, 0.05) is 11.3 Å². The van der Waals surface area contributed by atoms with E-state index in [0.29, 0.717) is 0 Å². The molecule has 0 bridgehead atoms. The molecule has 0 aromatic heterocycles. The number of hydrogen-bond donors (Lipinski definition) is 3. The Morgan fingerprint density at radius 3 is 2.64 bits per heavy atom. The molecule has 0 radical (unpaired) electrons. The van der Waals surface area contributed by atoms with Crippen LogP contribution in [0, 0.1) is 5.82 Å². The molecule has 0 heterocycles. The maximum Gasteiger partial charge on any atom is 0.147 e. The lowest BCUT2D eigenvalue weighted by atomic mass is 10.1. The SMILES string of the molecule is OC(CS)C(O)c1cccc(Cl)c1F. The first kappa shape index (κ1) is 11.8. The van der Waals surface area contributed by atoms with E-state index in [4.69, 9.17) is 11.6 Å². The van der Waals surface area contributed by atoms with Gasteiger partial charge in [0.05, 0.1) is 11.1 Å². The molecule has 1 rings (SSSR count). The lowest BCUT2D eigenvalue weighted by molar-refractivity contribution is 0.0315. The third kappa shape index (κ3) is 2.39. The average Bonchev–Trinajstić information content (AvgIpc) is 2.20. The van der Waals surface area contributed by atoms with Crippen molar-refractivity contribution in [3.63, 3.8) is 0 Å². The molecule has 2 unspecified atom stereocenters. The lowest BCUT2D eigenvalue weighted by Crippen LogP contribution is -2.20. The summed E-state index contributed by atoms with van der Waals surface area (Å²) < 4.78 is 13.3. The van der Waals surface area contributed by atoms with E-state index in [2.05, 4.69) is 12.6 Å². The first-order valence-corrected chi connectivity index (χ1v) is 5.00. The van der Waals surface area contributed by atoms with Gasteiger partial charge in [0.2, 0.25) is 0 Å². The van der Waals surface area contributed by atoms with Gasteiger partial charge in [-0.25, -0.2) is 4.39 Å². The zero-order valence-electron chi connectivity index (χ0n) is 7.19. The quantitative estimate of drug-likeness (QED) is 0.701. The van der Waals surface area contributed by atoms with Crippen LogP contribution in [0.3, 0.4) is 0 Å². The summed E-state index contributed by atoms with van der Waals surface area (Å²) in [5.74, 6) is -0.657. The molecule has 0 amide bonds. The predicted octanol–water partition coefficient (Wildman–Crippen LogP) is 1.80. The highest BCUT2D eigenvalue weighted by atomic mass is 35.5. The molecule has 78 valence electrons. The van der Waals surface area contributed by atoms with E-state index in [0.717, 1.165) is 0 Å². The summed E-state index contributed by atoms with van der Waals surface area (Å²) in [4.78, 5) is 0. The molecule has 2 nitrogen and oxygen atoms in total. The van der Waals surface area contributed by atoms with Gasteiger partial charge in [0.15, 0.2) is 0 Å². The predicted molar refractivity (Wildman–Crippen MR) is 56.2 cm³/mol. The van der Waals surface area contributed by atoms with Gasteiger partial charge in [0.1, 0.15) is 11.9 Å². The van der Waals surface area contributed by atoms with Crippen molar-refractivity contribution in [3.05, 3.63) is 34.6 Å². The maximum absolute atomic E-state index is 13.3. The number of benzene rings is 1. The van der Waals surface area contributed by atoms with Gasteiger partial charge in [-0.05, 0) is 6.07 Å². The van der Waals surface area contributed by atoms with Crippen LogP contribution in [0.1, 0.15) is 11.7 Å². The normalized spacial score (nSPS) is 15.2. The van der Waals surface area contributed by atoms with Crippen LogP contribution in [0.5, 0.6) is 0 Å². The summed E-state index contributed by atoms with van der Waals surface area (Å²) in [6, 6.07) is 4.26. The van der Waals surface area contributed by atoms with Gasteiger partial charge in [-0.3, -0.25) is 0 Å². The zero-order valence-corrected chi connectivity index (χ0v) is 8.84. The van der Waals surface area contributed by atoms with Crippen LogP contribution in [0.25, 0.3) is 0 Å². The topological polar surface area (TPSA) is 40.5 Å². The van der Waals surface area contributed by atoms with E-state index in [1.807, 2.05) is 0 Å². The van der Waals surface area contributed by atoms with E-state index in [1.54, 1.807) is 0 Å². The highest BCUT2D eigenvalue weighted by molar-refractivity contribution is 7.80. The van der Waals surface area contributed by atoms with Crippen molar-refractivity contribution in [2.75, 3.05) is 5.75 Å². The number of aliphatic hydroxyl groups is 2. The summed E-state index contributed by atoms with van der Waals surface area (Å²) in [5, 5.41) is 18.7. The molecule has 1 aromatic carbocycles. The van der Waals surface area contributed by atoms with Crippen LogP contribution in [0.4, 0.5) is 4.39 Å². The number of aliphatic hydroxyl groups excluding tert-OH is 2. The second-order valence-electron chi connectivity index (χ2n) is 2.84. The lowest BCUT2D eigenvalue weighted by Gasteiger charge is -2.16. The Kier molecular flexibility index (Phi) is 4.19. The van der Waals surface area contributed by atoms with Crippen LogP contribution in [-0.4, -0.2) is 22.1 Å². The van der Waals surface area contributed by atoms with Crippen molar-refractivity contribution in [1.29, 1.82) is 0 Å². The third-order valence-electron chi connectivity index (χ3n) is 1.85. The Morgan fingerprint density at radius 1 is 1.43 bits per heavy atom. The van der Waals surface area contributed by atoms with Crippen molar-refractivity contribution in [2.24, 2.45) is 0 Å². The molecule has 0 aliphatic carbocycles. The molecule has 0 saturated heterocycles. The Balaban J connectivity index is 3.01. The van der Waals surface area contributed by atoms with E-state index in [9.17, 15) is 14.6 Å². The molecular weight excluding hydrogens is 227 g/mol. The minimum Gasteiger partial charge on any atom is -0.389 e. The second-order valence-corrected chi connectivity index (χ2v) is 3.61. The van der Waals surface area contributed by atoms with Gasteiger partial charge in [-0.15, -0.1) is 0 Å². The summed E-state index contributed by atoms with van der Waals surface area (Å²) in [6.45, 7) is 0. The monoisotopic (exact) mass is 236 g/mol. The zero-order chi connectivity index (χ0) is 10.7. The van der Waals surface area contributed by atoms with Gasteiger partial charge >= 0.3 is 0 Å². The second kappa shape index (κ2) is 4.98. The molecule has 0 fully saturated rings. The fourth-order valence-electron chi connectivity index (χ4n) is 1.06. The molecule has 0 spiro atoms. The Labute approximate surface area is 91.7 Å². The molecule has 1 aromatic rings. The molecule has 0 aliphatic heterocycles. The summed E-state index contributed by atoms with van der Waals surface area (Å²) in [7, 11) is 0. The van der Waals surface area contributed by atoms with Crippen LogP contribution >= 0.6 is 24.2 Å².